The van der Waals surface area contributed by atoms with Crippen molar-refractivity contribution in [2.24, 2.45) is 0 Å². The Morgan fingerprint density at radius 2 is 1.68 bits per heavy atom. The van der Waals surface area contributed by atoms with Crippen molar-refractivity contribution in [3.8, 4) is 17.2 Å². The van der Waals surface area contributed by atoms with Gasteiger partial charge in [-0.2, -0.15) is 0 Å². The van der Waals surface area contributed by atoms with Crippen molar-refractivity contribution in [2.75, 3.05) is 0 Å². The molecule has 0 aliphatic heterocycles. The van der Waals surface area contributed by atoms with Crippen LogP contribution in [-0.4, -0.2) is 15.3 Å². The summed E-state index contributed by atoms with van der Waals surface area (Å²) in [6.07, 6.45) is 11.8. The first-order chi connectivity index (χ1) is 13.5. The SMILES string of the molecule is CCCCCCCCc1c(O)cc(CC/C=C/c2cc(O)ccc2O)oc1=O. The van der Waals surface area contributed by atoms with Gasteiger partial charge in [-0.1, -0.05) is 51.2 Å². The van der Waals surface area contributed by atoms with E-state index in [1.54, 1.807) is 6.08 Å². The average Bonchev–Trinajstić information content (AvgIpc) is 2.66. The van der Waals surface area contributed by atoms with Crippen molar-refractivity contribution in [3.63, 3.8) is 0 Å². The zero-order valence-electron chi connectivity index (χ0n) is 16.5. The number of aromatic hydroxyl groups is 3. The van der Waals surface area contributed by atoms with Crippen LogP contribution in [0.3, 0.4) is 0 Å². The molecule has 2 aromatic rings. The molecule has 0 amide bonds. The number of phenolic OH excluding ortho intramolecular Hbond substituents is 2. The molecule has 0 radical (unpaired) electrons. The fourth-order valence-electron chi connectivity index (χ4n) is 3.10. The highest BCUT2D eigenvalue weighted by molar-refractivity contribution is 5.58. The van der Waals surface area contributed by atoms with E-state index in [9.17, 15) is 20.1 Å². The minimum Gasteiger partial charge on any atom is -0.508 e. The lowest BCUT2D eigenvalue weighted by Gasteiger charge is -2.05. The van der Waals surface area contributed by atoms with Crippen LogP contribution in [0.5, 0.6) is 17.2 Å². The zero-order valence-corrected chi connectivity index (χ0v) is 16.5. The minimum atomic E-state index is -0.460. The first-order valence-electron chi connectivity index (χ1n) is 10.0. The number of benzene rings is 1. The quantitative estimate of drug-likeness (QED) is 0.360. The standard InChI is InChI=1S/C23H30O5/c1-2-3-4-5-6-7-12-20-22(26)16-19(28-23(20)27)11-9-8-10-17-15-18(24)13-14-21(17)25/h8,10,13-16,24-26H,2-7,9,11-12H2,1H3/b10-8+. The first kappa shape index (κ1) is 21.6. The zero-order chi connectivity index (χ0) is 20.4. The van der Waals surface area contributed by atoms with E-state index in [1.807, 2.05) is 6.08 Å². The molecular formula is C23H30O5. The van der Waals surface area contributed by atoms with Crippen LogP contribution in [0.4, 0.5) is 0 Å². The molecular weight excluding hydrogens is 356 g/mol. The van der Waals surface area contributed by atoms with E-state index >= 15 is 0 Å². The van der Waals surface area contributed by atoms with E-state index in [0.717, 1.165) is 19.3 Å². The number of hydrogen-bond donors (Lipinski definition) is 3. The lowest BCUT2D eigenvalue weighted by atomic mass is 10.1. The van der Waals surface area contributed by atoms with Gasteiger partial charge in [0.15, 0.2) is 0 Å². The second kappa shape index (κ2) is 11.2. The molecule has 0 spiro atoms. The van der Waals surface area contributed by atoms with E-state index in [2.05, 4.69) is 6.92 Å². The lowest BCUT2D eigenvalue weighted by Crippen LogP contribution is -2.09. The van der Waals surface area contributed by atoms with Gasteiger partial charge >= 0.3 is 5.63 Å². The Hall–Kier alpha value is -2.69. The predicted molar refractivity (Wildman–Crippen MR) is 111 cm³/mol. The van der Waals surface area contributed by atoms with Gasteiger partial charge in [-0.3, -0.25) is 0 Å². The van der Waals surface area contributed by atoms with Crippen molar-refractivity contribution in [1.82, 2.24) is 0 Å². The van der Waals surface area contributed by atoms with E-state index < -0.39 is 5.63 Å². The fourth-order valence-corrected chi connectivity index (χ4v) is 3.10. The molecule has 0 saturated heterocycles. The molecule has 28 heavy (non-hydrogen) atoms. The van der Waals surface area contributed by atoms with Crippen molar-refractivity contribution < 1.29 is 19.7 Å². The summed E-state index contributed by atoms with van der Waals surface area (Å²) in [5.41, 5.74) is 0.413. The van der Waals surface area contributed by atoms with Crippen LogP contribution in [0, 0.1) is 0 Å². The van der Waals surface area contributed by atoms with Gasteiger partial charge in [-0.25, -0.2) is 4.79 Å². The smallest absolute Gasteiger partial charge is 0.342 e. The molecule has 0 fully saturated rings. The molecule has 1 aromatic heterocycles. The molecule has 3 N–H and O–H groups in total. The van der Waals surface area contributed by atoms with Gasteiger partial charge in [0.05, 0.1) is 5.56 Å². The highest BCUT2D eigenvalue weighted by atomic mass is 16.4. The number of aryl methyl sites for hydroxylation is 1. The van der Waals surface area contributed by atoms with Gasteiger partial charge in [0.25, 0.3) is 0 Å². The first-order valence-corrected chi connectivity index (χ1v) is 10.0. The lowest BCUT2D eigenvalue weighted by molar-refractivity contribution is 0.410. The Bertz CT molecular complexity index is 835. The number of rotatable bonds is 11. The van der Waals surface area contributed by atoms with Gasteiger partial charge in [0.2, 0.25) is 0 Å². The highest BCUT2D eigenvalue weighted by Crippen LogP contribution is 2.24. The maximum atomic E-state index is 12.2. The summed E-state index contributed by atoms with van der Waals surface area (Å²) < 4.78 is 5.34. The molecule has 0 aliphatic carbocycles. The van der Waals surface area contributed by atoms with Gasteiger partial charge in [-0.05, 0) is 37.5 Å². The summed E-state index contributed by atoms with van der Waals surface area (Å²) in [6, 6.07) is 5.83. The summed E-state index contributed by atoms with van der Waals surface area (Å²) in [5.74, 6) is 0.597. The molecule has 1 aromatic carbocycles. The third kappa shape index (κ3) is 6.80. The largest absolute Gasteiger partial charge is 0.508 e. The summed E-state index contributed by atoms with van der Waals surface area (Å²) >= 11 is 0. The third-order valence-corrected chi connectivity index (χ3v) is 4.72. The van der Waals surface area contributed by atoms with Crippen LogP contribution in [0.1, 0.15) is 68.8 Å². The van der Waals surface area contributed by atoms with Crippen LogP contribution in [0.15, 0.2) is 39.6 Å². The Morgan fingerprint density at radius 3 is 2.43 bits per heavy atom. The Morgan fingerprint density at radius 1 is 0.929 bits per heavy atom. The molecule has 0 bridgehead atoms. The minimum absolute atomic E-state index is 0.00872. The monoisotopic (exact) mass is 386 g/mol. The van der Waals surface area contributed by atoms with Crippen molar-refractivity contribution in [1.29, 1.82) is 0 Å². The topological polar surface area (TPSA) is 90.9 Å². The summed E-state index contributed by atoms with van der Waals surface area (Å²) in [4.78, 5) is 12.2. The van der Waals surface area contributed by atoms with Crippen LogP contribution in [0.25, 0.3) is 6.08 Å². The Balaban J connectivity index is 1.87. The molecule has 5 nitrogen and oxygen atoms in total. The molecule has 0 saturated carbocycles. The third-order valence-electron chi connectivity index (χ3n) is 4.72. The number of unbranched alkanes of at least 4 members (excludes halogenated alkanes) is 5. The van der Waals surface area contributed by atoms with Crippen molar-refractivity contribution in [2.45, 2.75) is 64.7 Å². The van der Waals surface area contributed by atoms with Crippen LogP contribution in [0.2, 0.25) is 0 Å². The molecule has 152 valence electrons. The molecule has 5 heteroatoms. The molecule has 0 unspecified atom stereocenters. The molecule has 2 rings (SSSR count). The van der Waals surface area contributed by atoms with E-state index in [1.165, 1.54) is 43.5 Å². The van der Waals surface area contributed by atoms with Gasteiger partial charge in [0.1, 0.15) is 23.0 Å². The number of hydrogen-bond acceptors (Lipinski definition) is 5. The van der Waals surface area contributed by atoms with Crippen LogP contribution in [-0.2, 0) is 12.8 Å². The summed E-state index contributed by atoms with van der Waals surface area (Å²) in [7, 11) is 0. The molecule has 0 aliphatic rings. The maximum absolute atomic E-state index is 12.2. The summed E-state index contributed by atoms with van der Waals surface area (Å²) in [6.45, 7) is 2.18. The fraction of sp³-hybridized carbons (Fsp3) is 0.435. The normalized spacial score (nSPS) is 11.3. The van der Waals surface area contributed by atoms with Gasteiger partial charge < -0.3 is 19.7 Å². The average molecular weight is 386 g/mol. The van der Waals surface area contributed by atoms with Crippen molar-refractivity contribution >= 4 is 6.08 Å². The summed E-state index contributed by atoms with van der Waals surface area (Å²) in [5, 5.41) is 29.4. The Kier molecular flexibility index (Phi) is 8.66. The van der Waals surface area contributed by atoms with E-state index in [4.69, 9.17) is 4.42 Å². The number of phenols is 2. The second-order valence-corrected chi connectivity index (χ2v) is 7.07. The predicted octanol–water partition coefficient (Wildman–Crippen LogP) is 5.31. The second-order valence-electron chi connectivity index (χ2n) is 7.07. The highest BCUT2D eigenvalue weighted by Gasteiger charge is 2.10. The number of allylic oxidation sites excluding steroid dienone is 1. The van der Waals surface area contributed by atoms with E-state index in [-0.39, 0.29) is 17.2 Å². The van der Waals surface area contributed by atoms with Crippen molar-refractivity contribution in [3.05, 3.63) is 57.6 Å². The van der Waals surface area contributed by atoms with Crippen LogP contribution < -0.4 is 5.63 Å². The molecule has 0 atom stereocenters. The van der Waals surface area contributed by atoms with Gasteiger partial charge in [-0.15, -0.1) is 0 Å². The Labute approximate surface area is 166 Å². The van der Waals surface area contributed by atoms with E-state index in [0.29, 0.717) is 36.1 Å². The maximum Gasteiger partial charge on any atom is 0.342 e. The molecule has 1 heterocycles. The van der Waals surface area contributed by atoms with Crippen LogP contribution >= 0.6 is 0 Å². The van der Waals surface area contributed by atoms with Gasteiger partial charge in [0, 0.05) is 18.1 Å².